The Hall–Kier alpha value is -2.71. The van der Waals surface area contributed by atoms with Crippen LogP contribution in [0.2, 0.25) is 0 Å². The molecule has 3 aromatic rings. The van der Waals surface area contributed by atoms with Crippen molar-refractivity contribution < 1.29 is 20.1 Å². The predicted molar refractivity (Wildman–Crippen MR) is 163 cm³/mol. The number of ketones is 1. The molecule has 3 saturated carbocycles. The van der Waals surface area contributed by atoms with Crippen molar-refractivity contribution in [3.63, 3.8) is 0 Å². The fourth-order valence-electron chi connectivity index (χ4n) is 9.23. The molecule has 0 bridgehead atoms. The number of allylic oxidation sites excluding steroid dienone is 1. The van der Waals surface area contributed by atoms with Gasteiger partial charge in [0.25, 0.3) is 0 Å². The predicted octanol–water partition coefficient (Wildman–Crippen LogP) is 5.36. The first-order chi connectivity index (χ1) is 20.1. The molecule has 6 unspecified atom stereocenters. The number of phenolic OH excluding ortho intramolecular Hbond substituents is 1. The molecule has 3 fully saturated rings. The van der Waals surface area contributed by atoms with E-state index in [1.165, 1.54) is 34.2 Å². The quantitative estimate of drug-likeness (QED) is 0.256. The van der Waals surface area contributed by atoms with Gasteiger partial charge in [-0.05, 0) is 85.5 Å². The second-order valence-corrected chi connectivity index (χ2v) is 15.4. The molecule has 0 radical (unpaired) electrons. The summed E-state index contributed by atoms with van der Waals surface area (Å²) in [7, 11) is 0. The monoisotopic (exact) mass is 604 g/mol. The van der Waals surface area contributed by atoms with Crippen molar-refractivity contribution in [2.45, 2.75) is 75.0 Å². The molecule has 0 amide bonds. The van der Waals surface area contributed by atoms with Crippen LogP contribution in [0.25, 0.3) is 21.1 Å². The minimum Gasteiger partial charge on any atom is -0.508 e. The number of fused-ring (bicyclic) bond motifs is 7. The van der Waals surface area contributed by atoms with Crippen molar-refractivity contribution in [3.8, 4) is 5.75 Å². The lowest BCUT2D eigenvalue weighted by atomic mass is 9.45. The lowest BCUT2D eigenvalue weighted by Crippen LogP contribution is -2.62. The highest BCUT2D eigenvalue weighted by Gasteiger charge is 2.68. The first-order valence-corrected chi connectivity index (χ1v) is 16.6. The summed E-state index contributed by atoms with van der Waals surface area (Å²) in [5, 5.41) is 38.3. The summed E-state index contributed by atoms with van der Waals surface area (Å²) in [6.07, 6.45) is 7.87. The van der Waals surface area contributed by atoms with Gasteiger partial charge in [-0.15, -0.1) is 11.3 Å². The molecule has 2 heterocycles. The fraction of sp³-hybridized carbons (Fsp3) is 0.562. The van der Waals surface area contributed by atoms with Crippen LogP contribution in [0.3, 0.4) is 0 Å². The number of phenols is 1. The summed E-state index contributed by atoms with van der Waals surface area (Å²) in [6, 6.07) is 5.07. The van der Waals surface area contributed by atoms with Gasteiger partial charge in [-0.1, -0.05) is 31.2 Å². The Morgan fingerprint density at radius 2 is 2.14 bits per heavy atom. The molecule has 0 aliphatic heterocycles. The number of carbonyl (C=O) groups is 1. The zero-order valence-corrected chi connectivity index (χ0v) is 25.5. The highest BCUT2D eigenvalue weighted by Crippen LogP contribution is 2.67. The van der Waals surface area contributed by atoms with E-state index in [1.807, 2.05) is 23.9 Å². The third-order valence-corrected chi connectivity index (χ3v) is 13.4. The van der Waals surface area contributed by atoms with Gasteiger partial charge in [0, 0.05) is 11.5 Å². The molecular formula is C32H36N4O4S2. The molecule has 8 nitrogen and oxygen atoms in total. The van der Waals surface area contributed by atoms with E-state index in [1.54, 1.807) is 12.1 Å². The summed E-state index contributed by atoms with van der Waals surface area (Å²) < 4.78 is 3.63. The summed E-state index contributed by atoms with van der Waals surface area (Å²) in [5.41, 5.74) is 1.96. The molecule has 7 rings (SSSR count). The number of aliphatic hydroxyl groups is 2. The zero-order chi connectivity index (χ0) is 29.4. The molecule has 3 N–H and O–H groups in total. The number of nitrogens with zero attached hydrogens (tertiary/aromatic N) is 4. The Bertz CT molecular complexity index is 1660. The van der Waals surface area contributed by atoms with Crippen molar-refractivity contribution in [1.82, 2.24) is 14.8 Å². The second-order valence-electron chi connectivity index (χ2n) is 13.2. The van der Waals surface area contributed by atoms with Gasteiger partial charge in [0.15, 0.2) is 10.1 Å². The average Bonchev–Trinajstić information content (AvgIpc) is 3.61. The Morgan fingerprint density at radius 3 is 2.95 bits per heavy atom. The van der Waals surface area contributed by atoms with Gasteiger partial charge in [0.1, 0.15) is 17.9 Å². The van der Waals surface area contributed by atoms with E-state index in [0.717, 1.165) is 40.4 Å². The molecule has 0 spiro atoms. The van der Waals surface area contributed by atoms with E-state index >= 15 is 0 Å². The number of hydrogen-bond acceptors (Lipinski definition) is 8. The molecule has 2 aromatic heterocycles. The Kier molecular flexibility index (Phi) is 6.63. The second kappa shape index (κ2) is 9.91. The lowest BCUT2D eigenvalue weighted by molar-refractivity contribution is -0.177. The Balaban J connectivity index is 1.12. The Labute approximate surface area is 253 Å². The summed E-state index contributed by atoms with van der Waals surface area (Å²) >= 11 is 2.82. The van der Waals surface area contributed by atoms with E-state index < -0.39 is 17.1 Å². The fourth-order valence-corrected chi connectivity index (χ4v) is 11.2. The van der Waals surface area contributed by atoms with Crippen molar-refractivity contribution in [3.05, 3.63) is 52.6 Å². The molecule has 10 heteroatoms. The molecule has 4 aliphatic carbocycles. The van der Waals surface area contributed by atoms with Crippen molar-refractivity contribution in [1.29, 1.82) is 0 Å². The number of thioether (sulfide) groups is 1. The number of thiazole rings is 1. The van der Waals surface area contributed by atoms with Gasteiger partial charge < -0.3 is 20.2 Å². The number of aromatic nitrogens is 3. The van der Waals surface area contributed by atoms with Crippen LogP contribution < -0.4 is 0 Å². The average molecular weight is 605 g/mol. The summed E-state index contributed by atoms with van der Waals surface area (Å²) in [4.78, 5) is 21.8. The number of benzene rings is 1. The van der Waals surface area contributed by atoms with E-state index in [4.69, 9.17) is 6.57 Å². The first-order valence-electron chi connectivity index (χ1n) is 14.8. The lowest BCUT2D eigenvalue weighted by Gasteiger charge is -2.60. The maximum absolute atomic E-state index is 13.8. The van der Waals surface area contributed by atoms with Gasteiger partial charge in [-0.25, -0.2) is 11.6 Å². The van der Waals surface area contributed by atoms with Crippen LogP contribution in [0.1, 0.15) is 57.2 Å². The molecule has 0 saturated heterocycles. The largest absolute Gasteiger partial charge is 0.508 e. The van der Waals surface area contributed by atoms with Crippen molar-refractivity contribution in [2.24, 2.45) is 28.6 Å². The maximum Gasteiger partial charge on any atom is 0.234 e. The standard InChI is InChI=1S/C32H36N4O4S2/c1-30-14-18-16-34-36(11-10-33-3)24(18)12-19(30)4-6-21-22-8-9-32(40,31(22,2)15-25(38)28(21)30)27(39)17-41-29-35-23-13-20(37)5-7-26(23)42-29/h5,7,12-13,16,21-22,25,28,37-38,40H,4,6,8-11,14-15,17H2,1-2H3/t21?,22?,25?,28?,30?,31?,32-/m0/s1. The number of rotatable bonds is 6. The third-order valence-electron chi connectivity index (χ3n) is 11.2. The third kappa shape index (κ3) is 4.04. The van der Waals surface area contributed by atoms with Crippen molar-refractivity contribution in [2.75, 3.05) is 12.3 Å². The van der Waals surface area contributed by atoms with Gasteiger partial charge in [-0.3, -0.25) is 9.48 Å². The van der Waals surface area contributed by atoms with Gasteiger partial charge in [0.05, 0.1) is 34.0 Å². The van der Waals surface area contributed by atoms with Crippen LogP contribution in [0.5, 0.6) is 5.75 Å². The van der Waals surface area contributed by atoms with E-state index in [-0.39, 0.29) is 40.5 Å². The normalized spacial score (nSPS) is 35.1. The highest BCUT2D eigenvalue weighted by molar-refractivity contribution is 8.01. The van der Waals surface area contributed by atoms with Crippen LogP contribution in [0, 0.1) is 35.2 Å². The van der Waals surface area contributed by atoms with Crippen LogP contribution in [0.15, 0.2) is 34.3 Å². The van der Waals surface area contributed by atoms with Crippen LogP contribution in [0.4, 0.5) is 0 Å². The summed E-state index contributed by atoms with van der Waals surface area (Å²) in [6.45, 7) is 12.5. The molecule has 220 valence electrons. The zero-order valence-electron chi connectivity index (χ0n) is 23.9. The Morgan fingerprint density at radius 1 is 1.31 bits per heavy atom. The maximum atomic E-state index is 13.8. The molecular weight excluding hydrogens is 569 g/mol. The minimum absolute atomic E-state index is 0.0568. The van der Waals surface area contributed by atoms with E-state index in [0.29, 0.717) is 31.4 Å². The first kappa shape index (κ1) is 28.1. The number of Topliss-reactive ketones (excluding diaryl/α,β-unsaturated/α-hetero) is 1. The number of carbonyl (C=O) groups excluding carboxylic acids is 1. The van der Waals surface area contributed by atoms with Crippen LogP contribution in [-0.2, 0) is 17.8 Å². The molecule has 4 aliphatic rings. The van der Waals surface area contributed by atoms with Crippen LogP contribution >= 0.6 is 23.1 Å². The number of aromatic hydroxyl groups is 1. The molecule has 1 aromatic carbocycles. The van der Waals surface area contributed by atoms with Gasteiger partial charge >= 0.3 is 0 Å². The number of aliphatic hydroxyl groups excluding tert-OH is 1. The van der Waals surface area contributed by atoms with Crippen LogP contribution in [-0.4, -0.2) is 59.9 Å². The van der Waals surface area contributed by atoms with Gasteiger partial charge in [0.2, 0.25) is 6.54 Å². The van der Waals surface area contributed by atoms with E-state index in [2.05, 4.69) is 27.9 Å². The smallest absolute Gasteiger partial charge is 0.234 e. The SMILES string of the molecule is [C-]#[N+]CCn1ncc2c1C=C1CCC3C(C(O)CC4(C)C3CC[C@]4(O)C(=O)CSc3nc4cc(O)ccc4s3)C1(C)C2. The topological polar surface area (TPSA) is 113 Å². The highest BCUT2D eigenvalue weighted by atomic mass is 32.2. The number of hydrogen-bond donors (Lipinski definition) is 3. The molecule has 42 heavy (non-hydrogen) atoms. The molecule has 7 atom stereocenters. The van der Waals surface area contributed by atoms with E-state index in [9.17, 15) is 20.1 Å². The van der Waals surface area contributed by atoms with Gasteiger partial charge in [-0.2, -0.15) is 5.10 Å². The van der Waals surface area contributed by atoms with Crippen molar-refractivity contribution >= 4 is 45.2 Å². The minimum atomic E-state index is -1.48. The summed E-state index contributed by atoms with van der Waals surface area (Å²) in [5.74, 6) is 0.554.